The number of ether oxygens (including phenoxy) is 4. The van der Waals surface area contributed by atoms with Crippen LogP contribution in [-0.2, 0) is 124 Å². The van der Waals surface area contributed by atoms with Crippen molar-refractivity contribution in [2.75, 3.05) is 85.9 Å². The summed E-state index contributed by atoms with van der Waals surface area (Å²) in [6.45, 7) is 30.2. The summed E-state index contributed by atoms with van der Waals surface area (Å²) in [5.74, 6) is 0.958. The lowest BCUT2D eigenvalue weighted by atomic mass is 9.76. The first-order valence-electron chi connectivity index (χ1n) is 44.7. The third-order valence-corrected chi connectivity index (χ3v) is 33.6. The molecule has 1 N–H and O–H groups in total. The number of Topliss-reactive ketones (excluding diaryl/α,β-unsaturated/α-hetero) is 1. The Morgan fingerprint density at radius 2 is 0.921 bits per heavy atom. The highest BCUT2D eigenvalue weighted by molar-refractivity contribution is 7.50. The van der Waals surface area contributed by atoms with Crippen molar-refractivity contribution in [3.05, 3.63) is 198 Å². The number of phosphoric ester groups is 6. The van der Waals surface area contributed by atoms with Gasteiger partial charge in [0.05, 0.1) is 90.3 Å². The number of para-hydroxylation sites is 1. The molecule has 9 unspecified atom stereocenters. The van der Waals surface area contributed by atoms with Gasteiger partial charge in [0, 0.05) is 24.2 Å². The van der Waals surface area contributed by atoms with Gasteiger partial charge < -0.3 is 23.8 Å². The van der Waals surface area contributed by atoms with E-state index in [0.717, 1.165) is 72.1 Å². The van der Waals surface area contributed by atoms with E-state index >= 15 is 0 Å². The van der Waals surface area contributed by atoms with Gasteiger partial charge in [-0.15, -0.1) is 0 Å². The van der Waals surface area contributed by atoms with Gasteiger partial charge in [-0.25, -0.2) is 27.4 Å². The van der Waals surface area contributed by atoms with Crippen molar-refractivity contribution < 1.29 is 133 Å². The largest absolute Gasteiger partial charge is 0.479 e. The van der Waals surface area contributed by atoms with Gasteiger partial charge in [-0.2, -0.15) is 0 Å². The minimum absolute atomic E-state index is 0.000772. The van der Waals surface area contributed by atoms with Gasteiger partial charge in [-0.1, -0.05) is 270 Å². The summed E-state index contributed by atoms with van der Waals surface area (Å²) in [6.07, 6.45) is 13.1. The molecule has 16 fully saturated rings. The molecule has 0 amide bonds. The number of aryl methyl sites for hydroxylation is 1. The summed E-state index contributed by atoms with van der Waals surface area (Å²) in [5, 5.41) is 0. The van der Waals surface area contributed by atoms with E-state index in [1.165, 1.54) is 50.5 Å². The molecule has 16 heterocycles. The van der Waals surface area contributed by atoms with Crippen LogP contribution < -0.4 is 4.74 Å². The monoisotopic (exact) mass is 1880 g/mol. The third-order valence-electron chi connectivity index (χ3n) is 25.2. The summed E-state index contributed by atoms with van der Waals surface area (Å²) >= 11 is 0. The molecule has 16 aliphatic heterocycles. The van der Waals surface area contributed by atoms with E-state index in [9.17, 15) is 37.1 Å². The highest BCUT2D eigenvalue weighted by atomic mass is 31.2. The summed E-state index contributed by atoms with van der Waals surface area (Å²) in [4.78, 5) is 22.2. The second-order valence-electron chi connectivity index (χ2n) is 34.9. The van der Waals surface area contributed by atoms with Crippen LogP contribution in [-0.4, -0.2) is 156 Å². The lowest BCUT2D eigenvalue weighted by Gasteiger charge is -2.55. The van der Waals surface area contributed by atoms with Crippen LogP contribution in [0.3, 0.4) is 0 Å². The average Bonchev–Trinajstić information content (AvgIpc) is 0.713. The summed E-state index contributed by atoms with van der Waals surface area (Å²) in [6, 6.07) is 55.7. The quantitative estimate of drug-likeness (QED) is 0.0189. The second-order valence-corrected chi connectivity index (χ2v) is 44.3. The Bertz CT molecular complexity index is 4620. The first-order chi connectivity index (χ1) is 60.6. The molecule has 6 aromatic carbocycles. The van der Waals surface area contributed by atoms with Crippen LogP contribution in [0.2, 0.25) is 0 Å². The fourth-order valence-corrected chi connectivity index (χ4v) is 26.8. The van der Waals surface area contributed by atoms with Crippen molar-refractivity contribution in [1.29, 1.82) is 0 Å². The molecule has 0 spiro atoms. The second kappa shape index (κ2) is 43.8. The smallest absolute Gasteiger partial charge is 0.476 e. The first kappa shape index (κ1) is 101. The zero-order chi connectivity index (χ0) is 91.1. The van der Waals surface area contributed by atoms with Gasteiger partial charge in [0.15, 0.2) is 11.4 Å². The van der Waals surface area contributed by atoms with Crippen LogP contribution in [0, 0.1) is 29.1 Å². The van der Waals surface area contributed by atoms with Crippen LogP contribution in [0.5, 0.6) is 5.75 Å². The van der Waals surface area contributed by atoms with E-state index in [4.69, 9.17) is 95.9 Å². The maximum Gasteiger partial charge on any atom is 0.476 e. The number of rotatable bonds is 30. The number of hydrogen-bond acceptors (Lipinski definition) is 28. The molecule has 22 rings (SSSR count). The van der Waals surface area contributed by atoms with Crippen molar-refractivity contribution in [3.63, 3.8) is 0 Å². The van der Waals surface area contributed by atoms with E-state index in [0.29, 0.717) is 77.4 Å². The number of ketones is 1. The number of carbonyl (C=O) groups is 1. The minimum atomic E-state index is -3.88. The van der Waals surface area contributed by atoms with E-state index < -0.39 is 86.3 Å². The fraction of sp³-hybridized carbons (Fsp3) is 0.598. The van der Waals surface area contributed by atoms with E-state index in [1.54, 1.807) is 19.1 Å². The molecule has 0 saturated carbocycles. The molecule has 10 bridgehead atoms. The third kappa shape index (κ3) is 23.8. The predicted octanol–water partition coefficient (Wildman–Crippen LogP) is 23.0. The lowest BCUT2D eigenvalue weighted by Crippen LogP contribution is -2.69. The Labute approximate surface area is 749 Å². The molecule has 0 aromatic heterocycles. The Morgan fingerprint density at radius 3 is 1.39 bits per heavy atom. The summed E-state index contributed by atoms with van der Waals surface area (Å²) < 4.78 is 186. The maximum absolute atomic E-state index is 12.9. The van der Waals surface area contributed by atoms with Crippen LogP contribution in [0.4, 0.5) is 0 Å². The zero-order valence-electron chi connectivity index (χ0n) is 75.4. The van der Waals surface area contributed by atoms with Gasteiger partial charge in [-0.05, 0) is 120 Å². The van der Waals surface area contributed by atoms with Crippen molar-refractivity contribution in [3.8, 4) is 16.9 Å². The number of unbranched alkanes of at least 4 members (excludes halogenated alkanes) is 8. The predicted molar refractivity (Wildman–Crippen MR) is 478 cm³/mol. The summed E-state index contributed by atoms with van der Waals surface area (Å²) in [7, 11) is -20.6. The van der Waals surface area contributed by atoms with Gasteiger partial charge >= 0.3 is 46.9 Å². The average molecular weight is 1890 g/mol. The molecule has 29 nitrogen and oxygen atoms in total. The molecule has 0 aliphatic carbocycles. The van der Waals surface area contributed by atoms with Crippen LogP contribution in [0.15, 0.2) is 170 Å². The van der Waals surface area contributed by atoms with Crippen molar-refractivity contribution in [1.82, 2.24) is 0 Å². The molecule has 35 heteroatoms. The van der Waals surface area contributed by atoms with Crippen LogP contribution in [0.25, 0.3) is 11.1 Å². The van der Waals surface area contributed by atoms with Gasteiger partial charge in [0.25, 0.3) is 0 Å². The van der Waals surface area contributed by atoms with Crippen molar-refractivity contribution in [2.24, 2.45) is 22.2 Å². The minimum Gasteiger partial charge on any atom is -0.479 e. The van der Waals surface area contributed by atoms with Gasteiger partial charge in [0.1, 0.15) is 58.5 Å². The van der Waals surface area contributed by atoms with Gasteiger partial charge in [-0.3, -0.25) is 81.7 Å². The van der Waals surface area contributed by atoms with Crippen LogP contribution >= 0.6 is 46.9 Å². The van der Waals surface area contributed by atoms with E-state index in [-0.39, 0.29) is 74.2 Å². The molecule has 702 valence electrons. The van der Waals surface area contributed by atoms with E-state index in [1.807, 2.05) is 157 Å². The molecular weight excluding hydrogens is 1750 g/mol. The molecule has 16 saturated heterocycles. The number of hydrogen-bond donors (Lipinski definition) is 1. The normalized spacial score (nSPS) is 35.2. The maximum atomic E-state index is 12.9. The summed E-state index contributed by atoms with van der Waals surface area (Å²) in [5.41, 5.74) is 2.68. The Hall–Kier alpha value is -4.67. The topological polar surface area (TPSA) is 334 Å². The number of phosphoric acid groups is 6. The number of fused-ring (bicyclic) bond motifs is 15. The zero-order valence-corrected chi connectivity index (χ0v) is 80.8. The Balaban J connectivity index is 0.000000140. The standard InChI is InChI=1S/C24H23O5P.C18H17O5P.C14H19O5P.C14H29O5P.C13H25O5P.C9H17O4P/c25-30-27-17-23(18-28-30,19-29-30)16-26-24(20-10-4-1-5-11-20,21-12-6-2-7-13-21)22-14-8-3-9-15-22;1-13-3-2-4-16(9-13)14-5-7-15(8-6-14)17(19)18-10-21-24(20,22-11-18)23-12-18;1-4-13-14(16-12-8-6-5-7-9-12)10(2)17-20(15,19-13)18-11(14)3;1-4-6-7-8-9-11-17-14(10-5-2)12-18-20(15,16)19-13(14)3;1-4-5-6-7-8-9-15-13-10-16-19(14,17-11(13)2)18-12(13)3;1-4-9-5-11-14(10,12-6-9)13-8(9)7(2)3/h1-15H,16-19H2;2-9H,10-12H2,1H3;5-11,13H,4H2,1-3H3;13H,4-12H2,1-3H3,(H,15,16);11-12H,4-10H2,1-3H3;7-8H,4-6H2,1-3H3. The lowest BCUT2D eigenvalue weighted by molar-refractivity contribution is -0.240. The first-order valence-corrected chi connectivity index (χ1v) is 53.5. The van der Waals surface area contributed by atoms with Crippen molar-refractivity contribution in [2.45, 2.75) is 245 Å². The van der Waals surface area contributed by atoms with Crippen LogP contribution in [0.1, 0.15) is 206 Å². The molecule has 9 atom stereocenters. The number of benzene rings is 6. The highest BCUT2D eigenvalue weighted by Crippen LogP contribution is 2.68. The number of carbonyl (C=O) groups excluding carboxylic acids is 1. The van der Waals surface area contributed by atoms with E-state index in [2.05, 4.69) is 84.0 Å². The molecular formula is C92H130O29P6. The SMILES string of the molecule is CCC12COP(=O)(OC1)OC2C(C)C.CCC1OP2(=O)OC(C)C1(Oc1ccccc1)C(C)O2.CCCCCCCOC1(CCC)COP(=O)(O)OC1C.CCCCCCCOC12COP(=O)(OC1C)OC2C.Cc1cccc(-c2ccc(C(=O)C34COP(=O)(OC3)OC4)cc2)c1.O=P12OCC(COC(c3ccccc3)(c3ccccc3)c3ccccc3)(CO1)CO2. The highest BCUT2D eigenvalue weighted by Gasteiger charge is 2.67. The van der Waals surface area contributed by atoms with Crippen molar-refractivity contribution >= 4 is 52.7 Å². The molecule has 0 radical (unpaired) electrons. The molecule has 127 heavy (non-hydrogen) atoms. The molecule has 6 aromatic rings. The Morgan fingerprint density at radius 1 is 0.449 bits per heavy atom. The molecule has 16 aliphatic rings. The van der Waals surface area contributed by atoms with Gasteiger partial charge in [0.2, 0.25) is 0 Å². The fourth-order valence-electron chi connectivity index (χ4n) is 17.5. The Kier molecular flexibility index (Phi) is 34.9.